The third-order valence-electron chi connectivity index (χ3n) is 8.09. The van der Waals surface area contributed by atoms with Crippen molar-refractivity contribution < 1.29 is 0 Å². The highest BCUT2D eigenvalue weighted by Gasteiger charge is 2.29. The van der Waals surface area contributed by atoms with Crippen LogP contribution < -0.4 is 15.1 Å². The van der Waals surface area contributed by atoms with Gasteiger partial charge in [-0.2, -0.15) is 0 Å². The van der Waals surface area contributed by atoms with E-state index < -0.39 is 0 Å². The summed E-state index contributed by atoms with van der Waals surface area (Å²) >= 11 is 0. The largest absolute Gasteiger partial charge is 0.351 e. The lowest BCUT2D eigenvalue weighted by molar-refractivity contribution is 1.23. The number of para-hydroxylation sites is 4. The van der Waals surface area contributed by atoms with Crippen molar-refractivity contribution in [1.82, 2.24) is 9.97 Å². The van der Waals surface area contributed by atoms with Gasteiger partial charge < -0.3 is 15.1 Å². The van der Waals surface area contributed by atoms with Crippen LogP contribution in [0.1, 0.15) is 0 Å². The van der Waals surface area contributed by atoms with E-state index in [1.54, 1.807) is 0 Å². The summed E-state index contributed by atoms with van der Waals surface area (Å²) in [5, 5.41) is 3.82. The Morgan fingerprint density at radius 1 is 0.422 bits per heavy atom. The van der Waals surface area contributed by atoms with E-state index in [1.165, 1.54) is 0 Å². The van der Waals surface area contributed by atoms with Crippen LogP contribution in [0.3, 0.4) is 0 Å². The highest BCUT2D eigenvalue weighted by Crippen LogP contribution is 2.53. The average molecular weight is 580 g/mol. The number of hydrogen-bond acceptors (Lipinski definition) is 5. The van der Waals surface area contributed by atoms with Crippen molar-refractivity contribution in [1.29, 1.82) is 0 Å². The molecule has 0 unspecified atom stereocenters. The van der Waals surface area contributed by atoms with Crippen LogP contribution in [0.4, 0.5) is 45.5 Å². The van der Waals surface area contributed by atoms with Gasteiger partial charge in [-0.25, -0.2) is 0 Å². The molecule has 45 heavy (non-hydrogen) atoms. The van der Waals surface area contributed by atoms with E-state index in [9.17, 15) is 0 Å². The molecule has 1 N–H and O–H groups in total. The predicted molar refractivity (Wildman–Crippen MR) is 186 cm³/mol. The van der Waals surface area contributed by atoms with Gasteiger partial charge >= 0.3 is 0 Å². The van der Waals surface area contributed by atoms with E-state index in [-0.39, 0.29) is 0 Å². The van der Waals surface area contributed by atoms with Crippen molar-refractivity contribution in [3.05, 3.63) is 170 Å². The zero-order chi connectivity index (χ0) is 30.0. The summed E-state index contributed by atoms with van der Waals surface area (Å²) in [4.78, 5) is 14.0. The van der Waals surface area contributed by atoms with Gasteiger partial charge in [0, 0.05) is 46.3 Å². The molecule has 0 saturated heterocycles. The molecular weight excluding hydrogens is 550 g/mol. The maximum absolute atomic E-state index is 4.70. The number of benzene rings is 5. The number of rotatable bonds is 6. The van der Waals surface area contributed by atoms with E-state index in [1.807, 2.05) is 48.8 Å². The zero-order valence-electron chi connectivity index (χ0n) is 24.5. The van der Waals surface area contributed by atoms with Gasteiger partial charge in [-0.1, -0.05) is 72.8 Å². The number of fused-ring (bicyclic) bond motifs is 2. The Morgan fingerprint density at radius 2 is 0.889 bits per heavy atom. The Bertz CT molecular complexity index is 1940. The quantitative estimate of drug-likeness (QED) is 0.212. The molecule has 0 bridgehead atoms. The molecular formula is C40H29N5. The molecule has 0 spiro atoms. The van der Waals surface area contributed by atoms with Crippen molar-refractivity contribution >= 4 is 45.5 Å². The van der Waals surface area contributed by atoms with Gasteiger partial charge in [-0.15, -0.1) is 0 Å². The van der Waals surface area contributed by atoms with Crippen molar-refractivity contribution in [3.8, 4) is 22.5 Å². The van der Waals surface area contributed by atoms with Crippen molar-refractivity contribution in [2.45, 2.75) is 0 Å². The Kier molecular flexibility index (Phi) is 6.74. The number of aromatic nitrogens is 2. The maximum atomic E-state index is 4.70. The molecule has 0 amide bonds. The highest BCUT2D eigenvalue weighted by atomic mass is 15.2. The summed E-state index contributed by atoms with van der Waals surface area (Å²) in [5.41, 5.74) is 12.4. The van der Waals surface area contributed by atoms with E-state index in [4.69, 9.17) is 9.97 Å². The molecule has 5 nitrogen and oxygen atoms in total. The minimum atomic E-state index is 0.914. The van der Waals surface area contributed by atoms with Crippen molar-refractivity contribution in [3.63, 3.8) is 0 Å². The first-order valence-corrected chi connectivity index (χ1v) is 15.0. The number of nitrogens with zero attached hydrogens (tertiary/aromatic N) is 4. The highest BCUT2D eigenvalue weighted by molar-refractivity contribution is 6.05. The Morgan fingerprint density at radius 3 is 1.36 bits per heavy atom. The van der Waals surface area contributed by atoms with Gasteiger partial charge in [0.25, 0.3) is 0 Å². The Labute approximate surface area is 262 Å². The van der Waals surface area contributed by atoms with Crippen LogP contribution >= 0.6 is 0 Å². The first-order chi connectivity index (χ1) is 22.3. The van der Waals surface area contributed by atoms with Crippen LogP contribution in [0.15, 0.2) is 170 Å². The molecule has 0 radical (unpaired) electrons. The van der Waals surface area contributed by atoms with Crippen LogP contribution in [0.5, 0.6) is 0 Å². The van der Waals surface area contributed by atoms with E-state index >= 15 is 0 Å². The van der Waals surface area contributed by atoms with Crippen LogP contribution in [-0.2, 0) is 0 Å². The molecule has 1 aliphatic heterocycles. The number of anilines is 8. The second-order valence-electron chi connectivity index (χ2n) is 10.8. The summed E-state index contributed by atoms with van der Waals surface area (Å²) in [6, 6.07) is 54.6. The summed E-state index contributed by atoms with van der Waals surface area (Å²) in [6.07, 6.45) is 3.68. The van der Waals surface area contributed by atoms with Gasteiger partial charge in [0.1, 0.15) is 0 Å². The van der Waals surface area contributed by atoms with Gasteiger partial charge in [-0.05, 0) is 84.9 Å². The number of nitrogens with one attached hydrogen (secondary N) is 1. The molecule has 0 saturated carbocycles. The molecule has 3 heterocycles. The van der Waals surface area contributed by atoms with Crippen LogP contribution in [-0.4, -0.2) is 9.97 Å². The SMILES string of the molecule is c1ccc(N(c2ccccc2)c2ccc(N3c4cccc(-c5ccccn5)c4Nc4c(-c5ccccn5)cccc43)cc2)cc1. The fourth-order valence-corrected chi connectivity index (χ4v) is 6.07. The first-order valence-electron chi connectivity index (χ1n) is 15.0. The van der Waals surface area contributed by atoms with Crippen molar-refractivity contribution in [2.75, 3.05) is 15.1 Å². The fraction of sp³-hybridized carbons (Fsp3) is 0. The van der Waals surface area contributed by atoms with Crippen LogP contribution in [0.2, 0.25) is 0 Å². The molecule has 1 aliphatic rings. The second kappa shape index (κ2) is 11.5. The summed E-state index contributed by atoms with van der Waals surface area (Å²) in [6.45, 7) is 0. The maximum Gasteiger partial charge on any atom is 0.0725 e. The molecule has 0 aliphatic carbocycles. The third kappa shape index (κ3) is 4.86. The van der Waals surface area contributed by atoms with E-state index in [0.717, 1.165) is 68.0 Å². The number of hydrogen-bond donors (Lipinski definition) is 1. The van der Waals surface area contributed by atoms with Gasteiger partial charge in [0.15, 0.2) is 0 Å². The minimum Gasteiger partial charge on any atom is -0.351 e. The zero-order valence-corrected chi connectivity index (χ0v) is 24.5. The lowest BCUT2D eigenvalue weighted by Crippen LogP contribution is -2.19. The van der Waals surface area contributed by atoms with E-state index in [0.29, 0.717) is 0 Å². The minimum absolute atomic E-state index is 0.914. The van der Waals surface area contributed by atoms with E-state index in [2.05, 4.69) is 136 Å². The summed E-state index contributed by atoms with van der Waals surface area (Å²) in [5.74, 6) is 0. The summed E-state index contributed by atoms with van der Waals surface area (Å²) in [7, 11) is 0. The van der Waals surface area contributed by atoms with Gasteiger partial charge in [0.05, 0.1) is 34.1 Å². The monoisotopic (exact) mass is 579 g/mol. The van der Waals surface area contributed by atoms with Crippen LogP contribution in [0, 0.1) is 0 Å². The van der Waals surface area contributed by atoms with Crippen molar-refractivity contribution in [2.24, 2.45) is 0 Å². The molecule has 214 valence electrons. The molecule has 0 fully saturated rings. The average Bonchev–Trinajstić information content (AvgIpc) is 3.12. The lowest BCUT2D eigenvalue weighted by Gasteiger charge is -2.36. The molecule has 5 heteroatoms. The van der Waals surface area contributed by atoms with Crippen LogP contribution in [0.25, 0.3) is 22.5 Å². The topological polar surface area (TPSA) is 44.3 Å². The second-order valence-corrected chi connectivity index (χ2v) is 10.8. The standard InChI is InChI=1S/C40H29N5/c1-3-13-29(14-4-1)44(30-15-5-2-6-16-30)31-23-25-32(26-24-31)45-37-21-11-17-33(35-19-7-9-27-41-35)39(37)43-40-34(18-12-22-38(40)45)36-20-8-10-28-42-36/h1-28,43H. The normalized spacial score (nSPS) is 11.7. The molecule has 7 aromatic rings. The lowest BCUT2D eigenvalue weighted by atomic mass is 9.98. The fourth-order valence-electron chi connectivity index (χ4n) is 6.07. The molecule has 2 aromatic heterocycles. The van der Waals surface area contributed by atoms with Gasteiger partial charge in [0.2, 0.25) is 0 Å². The first kappa shape index (κ1) is 26.4. The smallest absolute Gasteiger partial charge is 0.0725 e. The Hall–Kier alpha value is -6.20. The molecule has 8 rings (SSSR count). The molecule has 5 aromatic carbocycles. The Balaban J connectivity index is 1.29. The van der Waals surface area contributed by atoms with Gasteiger partial charge in [-0.3, -0.25) is 9.97 Å². The summed E-state index contributed by atoms with van der Waals surface area (Å²) < 4.78 is 0. The predicted octanol–water partition coefficient (Wildman–Crippen LogP) is 10.8. The third-order valence-corrected chi connectivity index (χ3v) is 8.09. The number of pyridine rings is 2. The molecule has 0 atom stereocenters.